The van der Waals surface area contributed by atoms with Crippen LogP contribution in [0.15, 0.2) is 30.9 Å². The fourth-order valence-corrected chi connectivity index (χ4v) is 1.43. The van der Waals surface area contributed by atoms with Gasteiger partial charge in [0.1, 0.15) is 6.33 Å². The van der Waals surface area contributed by atoms with E-state index in [0.717, 1.165) is 12.1 Å². The summed E-state index contributed by atoms with van der Waals surface area (Å²) >= 11 is 0. The topological polar surface area (TPSA) is 51.8 Å². The maximum atomic E-state index is 13.5. The van der Waals surface area contributed by atoms with Crippen LogP contribution in [0.1, 0.15) is 17.2 Å². The van der Waals surface area contributed by atoms with Gasteiger partial charge >= 0.3 is 0 Å². The van der Waals surface area contributed by atoms with E-state index in [2.05, 4.69) is 9.97 Å². The summed E-state index contributed by atoms with van der Waals surface area (Å²) in [6.45, 7) is 0. The van der Waals surface area contributed by atoms with Gasteiger partial charge in [0, 0.05) is 23.5 Å². The van der Waals surface area contributed by atoms with Crippen molar-refractivity contribution < 1.29 is 13.2 Å². The molecule has 1 unspecified atom stereocenters. The second-order valence-electron chi connectivity index (χ2n) is 3.41. The van der Waals surface area contributed by atoms with Crippen LogP contribution in [-0.4, -0.2) is 9.97 Å². The highest BCUT2D eigenvalue weighted by atomic mass is 19.2. The first-order chi connectivity index (χ1) is 8.11. The summed E-state index contributed by atoms with van der Waals surface area (Å²) in [5, 5.41) is 0. The van der Waals surface area contributed by atoms with E-state index >= 15 is 0 Å². The molecule has 0 aliphatic heterocycles. The number of hydrogen-bond acceptors (Lipinski definition) is 3. The zero-order chi connectivity index (χ0) is 12.4. The molecule has 2 aromatic rings. The molecule has 3 nitrogen and oxygen atoms in total. The van der Waals surface area contributed by atoms with Gasteiger partial charge in [-0.15, -0.1) is 0 Å². The molecular weight excluding hydrogens is 231 g/mol. The number of halogens is 3. The molecule has 0 radical (unpaired) electrons. The summed E-state index contributed by atoms with van der Waals surface area (Å²) in [4.78, 5) is 7.44. The Morgan fingerprint density at radius 2 is 1.65 bits per heavy atom. The van der Waals surface area contributed by atoms with E-state index in [1.54, 1.807) is 0 Å². The van der Waals surface area contributed by atoms with E-state index in [0.29, 0.717) is 5.56 Å². The van der Waals surface area contributed by atoms with Crippen LogP contribution in [-0.2, 0) is 0 Å². The Morgan fingerprint density at radius 1 is 1.00 bits per heavy atom. The molecule has 0 aliphatic carbocycles. The lowest BCUT2D eigenvalue weighted by molar-refractivity contribution is 0.438. The molecule has 0 aliphatic rings. The maximum Gasteiger partial charge on any atom is 0.194 e. The first-order valence-corrected chi connectivity index (χ1v) is 4.75. The third kappa shape index (κ3) is 2.12. The molecule has 1 aromatic carbocycles. The minimum absolute atomic E-state index is 0.140. The minimum Gasteiger partial charge on any atom is -0.320 e. The average molecular weight is 239 g/mol. The minimum atomic E-state index is -1.53. The first kappa shape index (κ1) is 11.5. The average Bonchev–Trinajstić information content (AvgIpc) is 2.36. The van der Waals surface area contributed by atoms with Crippen molar-refractivity contribution >= 4 is 0 Å². The molecule has 0 bridgehead atoms. The number of hydrogen-bond donors (Lipinski definition) is 1. The van der Waals surface area contributed by atoms with Gasteiger partial charge < -0.3 is 5.73 Å². The van der Waals surface area contributed by atoms with E-state index in [-0.39, 0.29) is 5.56 Å². The zero-order valence-corrected chi connectivity index (χ0v) is 8.57. The fourth-order valence-electron chi connectivity index (χ4n) is 1.43. The Labute approximate surface area is 95.1 Å². The fraction of sp³-hybridized carbons (Fsp3) is 0.0909. The highest BCUT2D eigenvalue weighted by Crippen LogP contribution is 2.23. The monoisotopic (exact) mass is 239 g/mol. The summed E-state index contributed by atoms with van der Waals surface area (Å²) in [5.41, 5.74) is 6.00. The van der Waals surface area contributed by atoms with Gasteiger partial charge in [-0.05, 0) is 6.07 Å². The molecule has 0 amide bonds. The Morgan fingerprint density at radius 3 is 2.29 bits per heavy atom. The van der Waals surface area contributed by atoms with E-state index in [1.165, 1.54) is 18.7 Å². The van der Waals surface area contributed by atoms with Crippen LogP contribution >= 0.6 is 0 Å². The normalized spacial score (nSPS) is 12.5. The molecule has 0 fully saturated rings. The van der Waals surface area contributed by atoms with E-state index in [1.807, 2.05) is 0 Å². The standard InChI is InChI=1S/C11H8F3N3/c12-8-2-1-7(9(13)10(8)14)11(15)6-3-16-5-17-4-6/h1-5,11H,15H2. The summed E-state index contributed by atoms with van der Waals surface area (Å²) < 4.78 is 39.2. The molecule has 0 saturated heterocycles. The second kappa shape index (κ2) is 4.50. The van der Waals surface area contributed by atoms with Crippen LogP contribution in [0.5, 0.6) is 0 Å². The largest absolute Gasteiger partial charge is 0.320 e. The molecule has 88 valence electrons. The van der Waals surface area contributed by atoms with Crippen LogP contribution < -0.4 is 5.73 Å². The molecule has 1 atom stereocenters. The quantitative estimate of drug-likeness (QED) is 0.815. The zero-order valence-electron chi connectivity index (χ0n) is 8.57. The smallest absolute Gasteiger partial charge is 0.194 e. The summed E-state index contributed by atoms with van der Waals surface area (Å²) in [7, 11) is 0. The van der Waals surface area contributed by atoms with Crippen molar-refractivity contribution in [2.75, 3.05) is 0 Å². The van der Waals surface area contributed by atoms with Crippen molar-refractivity contribution in [3.8, 4) is 0 Å². The Balaban J connectivity index is 2.45. The predicted octanol–water partition coefficient (Wildman–Crippen LogP) is 1.94. The van der Waals surface area contributed by atoms with Gasteiger partial charge in [0.2, 0.25) is 0 Å². The van der Waals surface area contributed by atoms with Gasteiger partial charge in [-0.3, -0.25) is 0 Å². The van der Waals surface area contributed by atoms with Gasteiger partial charge in [-0.1, -0.05) is 6.07 Å². The summed E-state index contributed by atoms with van der Waals surface area (Å²) in [6.07, 6.45) is 4.06. The van der Waals surface area contributed by atoms with E-state index in [4.69, 9.17) is 5.73 Å². The first-order valence-electron chi connectivity index (χ1n) is 4.75. The van der Waals surface area contributed by atoms with Crippen LogP contribution in [0, 0.1) is 17.5 Å². The van der Waals surface area contributed by atoms with Gasteiger partial charge in [0.25, 0.3) is 0 Å². The number of nitrogens with two attached hydrogens (primary N) is 1. The number of nitrogens with zero attached hydrogens (tertiary/aromatic N) is 2. The van der Waals surface area contributed by atoms with Gasteiger partial charge in [-0.25, -0.2) is 23.1 Å². The SMILES string of the molecule is NC(c1cncnc1)c1ccc(F)c(F)c1F. The van der Waals surface area contributed by atoms with Crippen molar-refractivity contribution in [2.24, 2.45) is 5.73 Å². The molecule has 0 saturated carbocycles. The van der Waals surface area contributed by atoms with Crippen molar-refractivity contribution in [1.29, 1.82) is 0 Å². The summed E-state index contributed by atoms with van der Waals surface area (Å²) in [5.74, 6) is -4.07. The van der Waals surface area contributed by atoms with E-state index in [9.17, 15) is 13.2 Å². The Hall–Kier alpha value is -1.95. The lowest BCUT2D eigenvalue weighted by Gasteiger charge is -2.12. The van der Waals surface area contributed by atoms with Crippen molar-refractivity contribution in [2.45, 2.75) is 6.04 Å². The maximum absolute atomic E-state index is 13.5. The van der Waals surface area contributed by atoms with E-state index < -0.39 is 23.5 Å². The molecule has 2 N–H and O–H groups in total. The number of aromatic nitrogens is 2. The van der Waals surface area contributed by atoms with Gasteiger partial charge in [-0.2, -0.15) is 0 Å². The molecule has 0 spiro atoms. The lowest BCUT2D eigenvalue weighted by Crippen LogP contribution is -2.15. The molecule has 17 heavy (non-hydrogen) atoms. The number of benzene rings is 1. The molecular formula is C11H8F3N3. The van der Waals surface area contributed by atoms with Crippen LogP contribution in [0.3, 0.4) is 0 Å². The van der Waals surface area contributed by atoms with Crippen molar-refractivity contribution in [3.63, 3.8) is 0 Å². The van der Waals surface area contributed by atoms with Crippen LogP contribution in [0.25, 0.3) is 0 Å². The number of rotatable bonds is 2. The van der Waals surface area contributed by atoms with Crippen molar-refractivity contribution in [3.05, 3.63) is 59.4 Å². The molecule has 2 rings (SSSR count). The third-order valence-electron chi connectivity index (χ3n) is 2.34. The van der Waals surface area contributed by atoms with Crippen LogP contribution in [0.2, 0.25) is 0 Å². The van der Waals surface area contributed by atoms with Crippen LogP contribution in [0.4, 0.5) is 13.2 Å². The highest BCUT2D eigenvalue weighted by Gasteiger charge is 2.19. The molecule has 1 aromatic heterocycles. The van der Waals surface area contributed by atoms with Crippen molar-refractivity contribution in [1.82, 2.24) is 9.97 Å². The second-order valence-corrected chi connectivity index (χ2v) is 3.41. The molecule has 1 heterocycles. The third-order valence-corrected chi connectivity index (χ3v) is 2.34. The molecule has 6 heteroatoms. The Bertz CT molecular complexity index is 531. The Kier molecular flexibility index (Phi) is 3.06. The summed E-state index contributed by atoms with van der Waals surface area (Å²) in [6, 6.07) is 0.995. The van der Waals surface area contributed by atoms with Gasteiger partial charge in [0.05, 0.1) is 6.04 Å². The highest BCUT2D eigenvalue weighted by molar-refractivity contribution is 5.30. The lowest BCUT2D eigenvalue weighted by atomic mass is 10.0. The van der Waals surface area contributed by atoms with Gasteiger partial charge in [0.15, 0.2) is 17.5 Å². The predicted molar refractivity (Wildman–Crippen MR) is 54.4 cm³/mol.